The van der Waals surface area contributed by atoms with E-state index in [0.29, 0.717) is 11.5 Å². The highest BCUT2D eigenvalue weighted by Crippen LogP contribution is 2.27. The van der Waals surface area contributed by atoms with Gasteiger partial charge in [-0.05, 0) is 54.8 Å². The van der Waals surface area contributed by atoms with E-state index < -0.39 is 6.36 Å². The molecule has 0 unspecified atom stereocenters. The molecule has 0 radical (unpaired) electrons. The molecule has 2 aromatic carbocycles. The summed E-state index contributed by atoms with van der Waals surface area (Å²) in [5.41, 5.74) is 1.26. The van der Waals surface area contributed by atoms with Crippen LogP contribution >= 0.6 is 0 Å². The smallest absolute Gasteiger partial charge is 0.457 e. The Kier molecular flexibility index (Phi) is 6.53. The topological polar surface area (TPSA) is 18.5 Å². The largest absolute Gasteiger partial charge is 0.573 e. The highest BCUT2D eigenvalue weighted by molar-refractivity contribution is 5.36. The lowest BCUT2D eigenvalue weighted by molar-refractivity contribution is -0.274. The minimum absolute atomic E-state index is 0.266. The van der Waals surface area contributed by atoms with Gasteiger partial charge in [-0.3, -0.25) is 0 Å². The SMILES string of the molecule is CCCCCCc1ccc(Oc2ccc(OC(F)(F)F)cc2)cc1. The first-order valence-electron chi connectivity index (χ1n) is 8.09. The first-order valence-corrected chi connectivity index (χ1v) is 8.09. The highest BCUT2D eigenvalue weighted by atomic mass is 19.4. The second-order valence-corrected chi connectivity index (χ2v) is 5.58. The highest BCUT2D eigenvalue weighted by Gasteiger charge is 2.30. The summed E-state index contributed by atoms with van der Waals surface area (Å²) in [6.07, 6.45) is 1.25. The monoisotopic (exact) mass is 338 g/mol. The van der Waals surface area contributed by atoms with Crippen LogP contribution in [0.5, 0.6) is 17.2 Å². The lowest BCUT2D eigenvalue weighted by Gasteiger charge is -2.10. The molecule has 0 saturated carbocycles. The van der Waals surface area contributed by atoms with Crippen molar-refractivity contribution in [2.24, 2.45) is 0 Å². The lowest BCUT2D eigenvalue weighted by Crippen LogP contribution is -2.16. The van der Waals surface area contributed by atoms with Crippen molar-refractivity contribution in [3.63, 3.8) is 0 Å². The summed E-state index contributed by atoms with van der Waals surface area (Å²) in [5, 5.41) is 0. The molecule has 5 heteroatoms. The number of hydrogen-bond donors (Lipinski definition) is 0. The maximum atomic E-state index is 12.1. The van der Waals surface area contributed by atoms with Crippen LogP contribution < -0.4 is 9.47 Å². The van der Waals surface area contributed by atoms with Crippen molar-refractivity contribution in [2.45, 2.75) is 45.4 Å². The van der Waals surface area contributed by atoms with Crippen LogP contribution in [-0.4, -0.2) is 6.36 Å². The molecule has 2 aromatic rings. The maximum Gasteiger partial charge on any atom is 0.573 e. The number of unbranched alkanes of at least 4 members (excludes halogenated alkanes) is 3. The van der Waals surface area contributed by atoms with E-state index in [0.717, 1.165) is 6.42 Å². The Labute approximate surface area is 140 Å². The third-order valence-corrected chi connectivity index (χ3v) is 3.54. The van der Waals surface area contributed by atoms with E-state index in [2.05, 4.69) is 11.7 Å². The van der Waals surface area contributed by atoms with Crippen LogP contribution in [0.4, 0.5) is 13.2 Å². The molecular weight excluding hydrogens is 317 g/mol. The van der Waals surface area contributed by atoms with Crippen LogP contribution in [0.3, 0.4) is 0 Å². The molecule has 24 heavy (non-hydrogen) atoms. The second-order valence-electron chi connectivity index (χ2n) is 5.58. The molecule has 0 amide bonds. The van der Waals surface area contributed by atoms with Gasteiger partial charge in [-0.15, -0.1) is 13.2 Å². The molecule has 0 aliphatic rings. The molecule has 0 aliphatic heterocycles. The van der Waals surface area contributed by atoms with Gasteiger partial charge in [-0.25, -0.2) is 0 Å². The molecule has 0 aromatic heterocycles. The Morgan fingerprint density at radius 2 is 1.29 bits per heavy atom. The van der Waals surface area contributed by atoms with E-state index in [1.54, 1.807) is 0 Å². The Morgan fingerprint density at radius 1 is 0.750 bits per heavy atom. The van der Waals surface area contributed by atoms with E-state index >= 15 is 0 Å². The van der Waals surface area contributed by atoms with Gasteiger partial charge < -0.3 is 9.47 Å². The predicted molar refractivity (Wildman–Crippen MR) is 87.5 cm³/mol. The first-order chi connectivity index (χ1) is 11.5. The molecule has 0 spiro atoms. The summed E-state index contributed by atoms with van der Waals surface area (Å²) < 4.78 is 45.8. The summed E-state index contributed by atoms with van der Waals surface area (Å²) in [4.78, 5) is 0. The zero-order valence-corrected chi connectivity index (χ0v) is 13.6. The van der Waals surface area contributed by atoms with Crippen LogP contribution in [0, 0.1) is 0 Å². The van der Waals surface area contributed by atoms with Crippen LogP contribution in [0.25, 0.3) is 0 Å². The molecule has 0 fully saturated rings. The Balaban J connectivity index is 1.87. The van der Waals surface area contributed by atoms with Crippen molar-refractivity contribution in [1.29, 1.82) is 0 Å². The fourth-order valence-corrected chi connectivity index (χ4v) is 2.33. The Bertz CT molecular complexity index is 604. The van der Waals surface area contributed by atoms with Crippen molar-refractivity contribution < 1.29 is 22.6 Å². The van der Waals surface area contributed by atoms with Crippen LogP contribution in [0.2, 0.25) is 0 Å². The summed E-state index contributed by atoms with van der Waals surface area (Å²) in [6.45, 7) is 2.19. The maximum absolute atomic E-state index is 12.1. The minimum Gasteiger partial charge on any atom is -0.457 e. The number of hydrogen-bond acceptors (Lipinski definition) is 2. The normalized spacial score (nSPS) is 11.3. The first kappa shape index (κ1) is 18.2. The second kappa shape index (κ2) is 8.62. The number of halogens is 3. The van der Waals surface area contributed by atoms with E-state index in [1.165, 1.54) is 55.5 Å². The fourth-order valence-electron chi connectivity index (χ4n) is 2.33. The van der Waals surface area contributed by atoms with Crippen molar-refractivity contribution in [3.05, 3.63) is 54.1 Å². The van der Waals surface area contributed by atoms with Gasteiger partial charge in [0.1, 0.15) is 17.2 Å². The van der Waals surface area contributed by atoms with Crippen LogP contribution in [0.15, 0.2) is 48.5 Å². The minimum atomic E-state index is -4.69. The summed E-state index contributed by atoms with van der Waals surface area (Å²) >= 11 is 0. The van der Waals surface area contributed by atoms with E-state index in [9.17, 15) is 13.2 Å². The van der Waals surface area contributed by atoms with Crippen LogP contribution in [0.1, 0.15) is 38.2 Å². The fraction of sp³-hybridized carbons (Fsp3) is 0.368. The van der Waals surface area contributed by atoms with Gasteiger partial charge in [0.25, 0.3) is 0 Å². The lowest BCUT2D eigenvalue weighted by atomic mass is 10.1. The van der Waals surface area contributed by atoms with Gasteiger partial charge in [0.2, 0.25) is 0 Å². The Morgan fingerprint density at radius 3 is 1.83 bits per heavy atom. The van der Waals surface area contributed by atoms with Gasteiger partial charge in [0.15, 0.2) is 0 Å². The standard InChI is InChI=1S/C19H21F3O2/c1-2-3-4-5-6-15-7-9-16(10-8-15)23-17-11-13-18(14-12-17)24-19(20,21)22/h7-14H,2-6H2,1H3. The van der Waals surface area contributed by atoms with Crippen molar-refractivity contribution in [3.8, 4) is 17.2 Å². The van der Waals surface area contributed by atoms with E-state index in [4.69, 9.17) is 4.74 Å². The number of rotatable bonds is 8. The van der Waals surface area contributed by atoms with Crippen molar-refractivity contribution in [1.82, 2.24) is 0 Å². The number of alkyl halides is 3. The third-order valence-electron chi connectivity index (χ3n) is 3.54. The van der Waals surface area contributed by atoms with Crippen LogP contribution in [-0.2, 0) is 6.42 Å². The molecule has 0 atom stereocenters. The summed E-state index contributed by atoms with van der Waals surface area (Å²) in [7, 11) is 0. The number of benzene rings is 2. The number of ether oxygens (including phenoxy) is 2. The molecule has 130 valence electrons. The molecule has 0 N–H and O–H groups in total. The predicted octanol–water partition coefficient (Wildman–Crippen LogP) is 6.50. The van der Waals surface area contributed by atoms with Gasteiger partial charge >= 0.3 is 6.36 Å². The zero-order valence-electron chi connectivity index (χ0n) is 13.6. The van der Waals surface area contributed by atoms with Gasteiger partial charge in [0.05, 0.1) is 0 Å². The number of aryl methyl sites for hydroxylation is 1. The molecule has 0 saturated heterocycles. The summed E-state index contributed by atoms with van der Waals surface area (Å²) in [6, 6.07) is 13.1. The molecule has 0 bridgehead atoms. The third kappa shape index (κ3) is 6.52. The molecule has 0 aliphatic carbocycles. The van der Waals surface area contributed by atoms with E-state index in [1.807, 2.05) is 24.3 Å². The van der Waals surface area contributed by atoms with Gasteiger partial charge in [-0.2, -0.15) is 0 Å². The van der Waals surface area contributed by atoms with Crippen molar-refractivity contribution in [2.75, 3.05) is 0 Å². The molecular formula is C19H21F3O2. The average molecular weight is 338 g/mol. The molecule has 0 heterocycles. The van der Waals surface area contributed by atoms with Crippen molar-refractivity contribution >= 4 is 0 Å². The quantitative estimate of drug-likeness (QED) is 0.511. The van der Waals surface area contributed by atoms with Gasteiger partial charge in [0, 0.05) is 0 Å². The Hall–Kier alpha value is -2.17. The van der Waals surface area contributed by atoms with E-state index in [-0.39, 0.29) is 5.75 Å². The molecule has 2 rings (SSSR count). The zero-order chi connectivity index (χ0) is 17.4. The summed E-state index contributed by atoms with van der Waals surface area (Å²) in [5.74, 6) is 0.842. The average Bonchev–Trinajstić information content (AvgIpc) is 2.54. The molecule has 2 nitrogen and oxygen atoms in total. The van der Waals surface area contributed by atoms with Gasteiger partial charge in [-0.1, -0.05) is 38.3 Å².